The lowest BCUT2D eigenvalue weighted by atomic mass is 9.91. The fourth-order valence-electron chi connectivity index (χ4n) is 3.32. The molecule has 0 aromatic carbocycles. The van der Waals surface area contributed by atoms with Crippen LogP contribution in [-0.4, -0.2) is 38.4 Å². The molecule has 7 heteroatoms. The number of carboxylic acids is 1. The average Bonchev–Trinajstić information content (AvgIpc) is 3.07. The predicted octanol–water partition coefficient (Wildman–Crippen LogP) is 2.36. The summed E-state index contributed by atoms with van der Waals surface area (Å²) in [5.41, 5.74) is 3.35. The minimum atomic E-state index is -0.923. The summed E-state index contributed by atoms with van der Waals surface area (Å²) in [6.07, 6.45) is 3.57. The number of hydrogen-bond acceptors (Lipinski definition) is 5. The van der Waals surface area contributed by atoms with Crippen LogP contribution in [0, 0.1) is 13.8 Å². The van der Waals surface area contributed by atoms with Crippen LogP contribution in [-0.2, 0) is 25.8 Å². The highest BCUT2D eigenvalue weighted by Crippen LogP contribution is 2.25. The maximum absolute atomic E-state index is 11.4. The molecule has 1 unspecified atom stereocenters. The van der Waals surface area contributed by atoms with Gasteiger partial charge in [-0.3, -0.25) is 4.68 Å². The molecule has 1 aliphatic rings. The molecule has 0 bridgehead atoms. The first-order valence-electron chi connectivity index (χ1n) is 8.47. The first-order chi connectivity index (χ1) is 11.5. The van der Waals surface area contributed by atoms with E-state index in [1.54, 1.807) is 11.3 Å². The van der Waals surface area contributed by atoms with Crippen molar-refractivity contribution in [2.24, 2.45) is 0 Å². The molecule has 1 atom stereocenters. The largest absolute Gasteiger partial charge is 0.476 e. The molecule has 3 rings (SSSR count). The zero-order chi connectivity index (χ0) is 17.3. The molecule has 1 aliphatic carbocycles. The monoisotopic (exact) mass is 348 g/mol. The molecule has 0 aliphatic heterocycles. The first kappa shape index (κ1) is 17.1. The summed E-state index contributed by atoms with van der Waals surface area (Å²) >= 11 is 1.76. The van der Waals surface area contributed by atoms with Gasteiger partial charge in [0.05, 0.1) is 10.7 Å². The Morgan fingerprint density at radius 3 is 2.88 bits per heavy atom. The van der Waals surface area contributed by atoms with E-state index >= 15 is 0 Å². The summed E-state index contributed by atoms with van der Waals surface area (Å²) in [6.45, 7) is 7.74. The van der Waals surface area contributed by atoms with Crippen LogP contribution in [0.15, 0.2) is 0 Å². The number of nitrogens with one attached hydrogen (secondary N) is 1. The normalized spacial score (nSPS) is 17.0. The van der Waals surface area contributed by atoms with Crippen molar-refractivity contribution in [3.8, 4) is 0 Å². The Bertz CT molecular complexity index is 731. The second-order valence-corrected chi connectivity index (χ2v) is 7.58. The summed E-state index contributed by atoms with van der Waals surface area (Å²) in [5.74, 6) is -0.923. The van der Waals surface area contributed by atoms with Gasteiger partial charge in [0.15, 0.2) is 5.69 Å². The van der Waals surface area contributed by atoms with Gasteiger partial charge in [-0.25, -0.2) is 9.78 Å². The molecular formula is C17H24N4O2S. The molecule has 0 fully saturated rings. The number of fused-ring (bicyclic) bond motifs is 1. The number of aryl methyl sites for hydroxylation is 3. The van der Waals surface area contributed by atoms with E-state index in [2.05, 4.69) is 22.3 Å². The van der Waals surface area contributed by atoms with Gasteiger partial charge in [0.2, 0.25) is 0 Å². The highest BCUT2D eigenvalue weighted by molar-refractivity contribution is 7.11. The van der Waals surface area contributed by atoms with Crippen LogP contribution in [0.3, 0.4) is 0 Å². The molecule has 2 aromatic rings. The number of hydrogen-bond donors (Lipinski definition) is 2. The van der Waals surface area contributed by atoms with Crippen molar-refractivity contribution >= 4 is 17.3 Å². The Balaban J connectivity index is 1.62. The highest BCUT2D eigenvalue weighted by atomic mass is 32.1. The Labute approximate surface area is 145 Å². The molecule has 2 N–H and O–H groups in total. The average molecular weight is 348 g/mol. The minimum absolute atomic E-state index is 0.226. The van der Waals surface area contributed by atoms with Crippen LogP contribution in [0.2, 0.25) is 0 Å². The predicted molar refractivity (Wildman–Crippen MR) is 94.0 cm³/mol. The van der Waals surface area contributed by atoms with Crippen molar-refractivity contribution in [1.82, 2.24) is 20.1 Å². The molecule has 0 amide bonds. The number of carboxylic acid groups (broad SMARTS) is 1. The first-order valence-corrected chi connectivity index (χ1v) is 9.29. The number of aromatic carboxylic acids is 1. The van der Waals surface area contributed by atoms with E-state index in [0.717, 1.165) is 55.7 Å². The Morgan fingerprint density at radius 2 is 2.25 bits per heavy atom. The van der Waals surface area contributed by atoms with Crippen LogP contribution in [0.4, 0.5) is 0 Å². The third-order valence-electron chi connectivity index (χ3n) is 4.69. The van der Waals surface area contributed by atoms with E-state index in [1.165, 1.54) is 9.88 Å². The van der Waals surface area contributed by atoms with E-state index in [9.17, 15) is 9.90 Å². The van der Waals surface area contributed by atoms with Gasteiger partial charge in [0.25, 0.3) is 0 Å². The van der Waals surface area contributed by atoms with Gasteiger partial charge in [0.1, 0.15) is 0 Å². The second kappa shape index (κ2) is 7.03. The van der Waals surface area contributed by atoms with E-state index in [4.69, 9.17) is 0 Å². The van der Waals surface area contributed by atoms with Crippen molar-refractivity contribution in [3.05, 3.63) is 32.5 Å². The van der Waals surface area contributed by atoms with Crippen molar-refractivity contribution < 1.29 is 9.90 Å². The molecule has 130 valence electrons. The summed E-state index contributed by atoms with van der Waals surface area (Å²) in [5, 5.41) is 18.4. The maximum Gasteiger partial charge on any atom is 0.356 e. The molecule has 2 aromatic heterocycles. The van der Waals surface area contributed by atoms with Gasteiger partial charge in [-0.05, 0) is 40.0 Å². The van der Waals surface area contributed by atoms with Gasteiger partial charge in [-0.2, -0.15) is 5.10 Å². The second-order valence-electron chi connectivity index (χ2n) is 6.29. The van der Waals surface area contributed by atoms with Crippen molar-refractivity contribution in [2.75, 3.05) is 6.54 Å². The van der Waals surface area contributed by atoms with Crippen LogP contribution >= 0.6 is 11.3 Å². The van der Waals surface area contributed by atoms with E-state index in [-0.39, 0.29) is 5.69 Å². The van der Waals surface area contributed by atoms with Gasteiger partial charge >= 0.3 is 5.97 Å². The number of nitrogens with zero attached hydrogens (tertiary/aromatic N) is 3. The molecule has 0 spiro atoms. The summed E-state index contributed by atoms with van der Waals surface area (Å²) in [7, 11) is 0. The van der Waals surface area contributed by atoms with Crippen molar-refractivity contribution in [2.45, 2.75) is 59.0 Å². The quantitative estimate of drug-likeness (QED) is 0.838. The van der Waals surface area contributed by atoms with Crippen LogP contribution in [0.5, 0.6) is 0 Å². The number of rotatable bonds is 6. The molecule has 0 saturated carbocycles. The number of carbonyl (C=O) groups is 1. The maximum atomic E-state index is 11.4. The molecule has 24 heavy (non-hydrogen) atoms. The Morgan fingerprint density at radius 1 is 1.46 bits per heavy atom. The lowest BCUT2D eigenvalue weighted by Crippen LogP contribution is -2.36. The van der Waals surface area contributed by atoms with Gasteiger partial charge in [-0.15, -0.1) is 11.3 Å². The Kier molecular flexibility index (Phi) is 5.01. The standard InChI is InChI=1S/C17H24N4O2S/c1-4-21-14-6-5-12(9-13(14)16(20-21)17(22)23)18-8-7-15-19-10(2)11(3)24-15/h12,18H,4-9H2,1-3H3,(H,22,23). The molecule has 0 saturated heterocycles. The molecule has 2 heterocycles. The van der Waals surface area contributed by atoms with E-state index in [0.29, 0.717) is 6.04 Å². The molecule has 0 radical (unpaired) electrons. The zero-order valence-electron chi connectivity index (χ0n) is 14.4. The smallest absolute Gasteiger partial charge is 0.356 e. The van der Waals surface area contributed by atoms with Crippen LogP contribution in [0.1, 0.15) is 50.7 Å². The fraction of sp³-hybridized carbons (Fsp3) is 0.588. The minimum Gasteiger partial charge on any atom is -0.476 e. The molecular weight excluding hydrogens is 324 g/mol. The van der Waals surface area contributed by atoms with Gasteiger partial charge in [0, 0.05) is 41.7 Å². The van der Waals surface area contributed by atoms with Crippen LogP contribution in [0.25, 0.3) is 0 Å². The molecule has 6 nitrogen and oxygen atoms in total. The van der Waals surface area contributed by atoms with Crippen molar-refractivity contribution in [3.63, 3.8) is 0 Å². The van der Waals surface area contributed by atoms with Gasteiger partial charge in [-0.1, -0.05) is 0 Å². The third-order valence-corrected chi connectivity index (χ3v) is 5.83. The highest BCUT2D eigenvalue weighted by Gasteiger charge is 2.28. The van der Waals surface area contributed by atoms with Crippen LogP contribution < -0.4 is 5.32 Å². The Hall–Kier alpha value is -1.73. The summed E-state index contributed by atoms with van der Waals surface area (Å²) in [4.78, 5) is 17.3. The van der Waals surface area contributed by atoms with E-state index in [1.807, 2.05) is 18.5 Å². The number of thiazole rings is 1. The lowest BCUT2D eigenvalue weighted by molar-refractivity contribution is 0.0688. The summed E-state index contributed by atoms with van der Waals surface area (Å²) < 4.78 is 1.84. The third kappa shape index (κ3) is 3.37. The summed E-state index contributed by atoms with van der Waals surface area (Å²) in [6, 6.07) is 0.312. The van der Waals surface area contributed by atoms with E-state index < -0.39 is 5.97 Å². The fourth-order valence-corrected chi connectivity index (χ4v) is 4.26. The zero-order valence-corrected chi connectivity index (χ0v) is 15.2. The van der Waals surface area contributed by atoms with Crippen molar-refractivity contribution in [1.29, 1.82) is 0 Å². The number of aromatic nitrogens is 3. The van der Waals surface area contributed by atoms with Gasteiger partial charge < -0.3 is 10.4 Å². The lowest BCUT2D eigenvalue weighted by Gasteiger charge is -2.24. The SMILES string of the molecule is CCn1nc(C(=O)O)c2c1CCC(NCCc1nc(C)c(C)s1)C2. The topological polar surface area (TPSA) is 80.0 Å².